The van der Waals surface area contributed by atoms with Crippen molar-refractivity contribution < 1.29 is 9.59 Å². The number of aryl methyl sites for hydroxylation is 3. The molecule has 176 valence electrons. The Morgan fingerprint density at radius 2 is 1.88 bits per heavy atom. The lowest BCUT2D eigenvalue weighted by molar-refractivity contribution is 0.0721. The fourth-order valence-electron chi connectivity index (χ4n) is 4.19. The Morgan fingerprint density at radius 3 is 2.59 bits per heavy atom. The summed E-state index contributed by atoms with van der Waals surface area (Å²) in [4.78, 5) is 32.2. The molecule has 0 aliphatic carbocycles. The van der Waals surface area contributed by atoms with E-state index in [1.807, 2.05) is 64.5 Å². The maximum absolute atomic E-state index is 13.5. The lowest BCUT2D eigenvalue weighted by atomic mass is 10.0. The van der Waals surface area contributed by atoms with Gasteiger partial charge in [0.15, 0.2) is 5.65 Å². The fourth-order valence-corrected chi connectivity index (χ4v) is 4.19. The number of aromatic nitrogens is 4. The quantitative estimate of drug-likeness (QED) is 0.440. The minimum Gasteiger partial charge on any atom is -0.351 e. The molecule has 0 radical (unpaired) electrons. The zero-order chi connectivity index (χ0) is 24.2. The van der Waals surface area contributed by atoms with Crippen LogP contribution in [0.5, 0.6) is 0 Å². The summed E-state index contributed by atoms with van der Waals surface area (Å²) in [5.41, 5.74) is 4.58. The monoisotopic (exact) mass is 458 g/mol. The highest BCUT2D eigenvalue weighted by atomic mass is 16.2. The standard InChI is InChI=1S/C26H30N6O2/c1-18-15-24-28-17-22(19(2)32(24)29-18)26(34)31(4)21(16-20-9-6-5-7-10-20)12-13-27-25(33)23-11-8-14-30(23)3/h5-11,14-15,17,21H,12-13,16H2,1-4H3,(H,27,33)/t21-/m1/s1. The number of nitrogens with zero attached hydrogens (tertiary/aromatic N) is 5. The van der Waals surface area contributed by atoms with Crippen LogP contribution in [-0.4, -0.2) is 55.5 Å². The van der Waals surface area contributed by atoms with Gasteiger partial charge in [-0.3, -0.25) is 9.59 Å². The van der Waals surface area contributed by atoms with Gasteiger partial charge in [0.05, 0.1) is 17.0 Å². The van der Waals surface area contributed by atoms with Crippen molar-refractivity contribution in [3.63, 3.8) is 0 Å². The van der Waals surface area contributed by atoms with Crippen LogP contribution >= 0.6 is 0 Å². The summed E-state index contributed by atoms with van der Waals surface area (Å²) in [6.07, 6.45) is 4.76. The number of amides is 2. The molecule has 0 saturated heterocycles. The summed E-state index contributed by atoms with van der Waals surface area (Å²) < 4.78 is 3.50. The lowest BCUT2D eigenvalue weighted by Gasteiger charge is -2.29. The van der Waals surface area contributed by atoms with Crippen molar-refractivity contribution in [3.8, 4) is 0 Å². The first-order valence-electron chi connectivity index (χ1n) is 11.4. The van der Waals surface area contributed by atoms with Gasteiger partial charge in [0.2, 0.25) is 0 Å². The molecule has 0 unspecified atom stereocenters. The molecule has 0 aliphatic rings. The van der Waals surface area contributed by atoms with Crippen LogP contribution < -0.4 is 5.32 Å². The van der Waals surface area contributed by atoms with Crippen molar-refractivity contribution in [1.29, 1.82) is 0 Å². The first kappa shape index (κ1) is 23.2. The molecule has 8 heteroatoms. The van der Waals surface area contributed by atoms with Crippen LogP contribution in [0.1, 0.15) is 44.2 Å². The van der Waals surface area contributed by atoms with E-state index in [1.54, 1.807) is 26.2 Å². The Balaban J connectivity index is 1.52. The molecule has 0 aliphatic heterocycles. The van der Waals surface area contributed by atoms with Gasteiger partial charge in [-0.05, 0) is 44.4 Å². The van der Waals surface area contributed by atoms with Gasteiger partial charge in [0, 0.05) is 45.1 Å². The van der Waals surface area contributed by atoms with E-state index in [1.165, 1.54) is 0 Å². The van der Waals surface area contributed by atoms with Crippen LogP contribution in [0.25, 0.3) is 5.65 Å². The van der Waals surface area contributed by atoms with Crippen molar-refractivity contribution in [1.82, 2.24) is 29.4 Å². The van der Waals surface area contributed by atoms with Crippen molar-refractivity contribution in [2.75, 3.05) is 13.6 Å². The van der Waals surface area contributed by atoms with Gasteiger partial charge in [0.25, 0.3) is 11.8 Å². The molecule has 4 rings (SSSR count). The van der Waals surface area contributed by atoms with Crippen molar-refractivity contribution in [2.24, 2.45) is 7.05 Å². The van der Waals surface area contributed by atoms with Gasteiger partial charge in [-0.25, -0.2) is 9.50 Å². The summed E-state index contributed by atoms with van der Waals surface area (Å²) in [6, 6.07) is 15.5. The van der Waals surface area contributed by atoms with Gasteiger partial charge in [-0.2, -0.15) is 5.10 Å². The topological polar surface area (TPSA) is 84.5 Å². The maximum atomic E-state index is 13.5. The number of nitrogens with one attached hydrogen (secondary N) is 1. The predicted molar refractivity (Wildman–Crippen MR) is 131 cm³/mol. The third-order valence-electron chi connectivity index (χ3n) is 6.20. The highest BCUT2D eigenvalue weighted by Gasteiger charge is 2.24. The second-order valence-electron chi connectivity index (χ2n) is 8.62. The SMILES string of the molecule is Cc1cc2ncc(C(=O)N(C)[C@H](CCNC(=O)c3cccn3C)Cc3ccccc3)c(C)n2n1. The molecule has 3 aromatic heterocycles. The zero-order valence-corrected chi connectivity index (χ0v) is 20.0. The van der Waals surface area contributed by atoms with Crippen LogP contribution in [0, 0.1) is 13.8 Å². The molecule has 0 saturated carbocycles. The summed E-state index contributed by atoms with van der Waals surface area (Å²) in [5, 5.41) is 7.45. The number of fused-ring (bicyclic) bond motifs is 1. The Hall–Kier alpha value is -3.94. The molecule has 0 spiro atoms. The number of benzene rings is 1. The normalized spacial score (nSPS) is 12.0. The van der Waals surface area contributed by atoms with Crippen LogP contribution in [0.3, 0.4) is 0 Å². The van der Waals surface area contributed by atoms with Crippen LogP contribution in [-0.2, 0) is 13.5 Å². The molecule has 8 nitrogen and oxygen atoms in total. The van der Waals surface area contributed by atoms with E-state index in [0.29, 0.717) is 30.6 Å². The zero-order valence-electron chi connectivity index (χ0n) is 20.0. The van der Waals surface area contributed by atoms with Gasteiger partial charge >= 0.3 is 0 Å². The molecule has 34 heavy (non-hydrogen) atoms. The molecular weight excluding hydrogens is 428 g/mol. The third kappa shape index (κ3) is 4.85. The summed E-state index contributed by atoms with van der Waals surface area (Å²) >= 11 is 0. The summed E-state index contributed by atoms with van der Waals surface area (Å²) in [7, 11) is 3.65. The summed E-state index contributed by atoms with van der Waals surface area (Å²) in [6.45, 7) is 4.24. The van der Waals surface area contributed by atoms with Gasteiger partial charge in [0.1, 0.15) is 5.69 Å². The summed E-state index contributed by atoms with van der Waals surface area (Å²) in [5.74, 6) is -0.241. The fraction of sp³-hybridized carbons (Fsp3) is 0.308. The largest absolute Gasteiger partial charge is 0.351 e. The molecule has 1 N–H and O–H groups in total. The average Bonchev–Trinajstić information content (AvgIpc) is 3.43. The minimum absolute atomic E-state index is 0.113. The molecule has 1 aromatic carbocycles. The van der Waals surface area contributed by atoms with Gasteiger partial charge in [-0.1, -0.05) is 30.3 Å². The first-order valence-corrected chi connectivity index (χ1v) is 11.4. The highest BCUT2D eigenvalue weighted by Crippen LogP contribution is 2.17. The molecule has 1 atom stereocenters. The molecular formula is C26H30N6O2. The second kappa shape index (κ2) is 9.91. The van der Waals surface area contributed by atoms with Crippen LogP contribution in [0.2, 0.25) is 0 Å². The average molecular weight is 459 g/mol. The Labute approximate surface area is 199 Å². The number of carbonyl (C=O) groups is 2. The van der Waals surface area contributed by atoms with Gasteiger partial charge < -0.3 is 14.8 Å². The molecule has 0 bridgehead atoms. The van der Waals surface area contributed by atoms with E-state index in [9.17, 15) is 9.59 Å². The number of rotatable bonds is 8. The number of carbonyl (C=O) groups excluding carboxylic acids is 2. The van der Waals surface area contributed by atoms with Crippen molar-refractivity contribution >= 4 is 17.5 Å². The van der Waals surface area contributed by atoms with E-state index >= 15 is 0 Å². The molecule has 3 heterocycles. The van der Waals surface area contributed by atoms with E-state index in [-0.39, 0.29) is 17.9 Å². The highest BCUT2D eigenvalue weighted by molar-refractivity contribution is 5.95. The number of likely N-dealkylation sites (N-methyl/N-ethyl adjacent to an activating group) is 1. The van der Waals surface area contributed by atoms with E-state index in [0.717, 1.165) is 22.6 Å². The van der Waals surface area contributed by atoms with Crippen LogP contribution in [0.4, 0.5) is 0 Å². The van der Waals surface area contributed by atoms with Crippen molar-refractivity contribution in [2.45, 2.75) is 32.7 Å². The predicted octanol–water partition coefficient (Wildman–Crippen LogP) is 3.19. The molecule has 0 fully saturated rings. The Bertz CT molecular complexity index is 1310. The van der Waals surface area contributed by atoms with E-state index < -0.39 is 0 Å². The number of hydrogen-bond acceptors (Lipinski definition) is 4. The smallest absolute Gasteiger partial charge is 0.267 e. The van der Waals surface area contributed by atoms with Crippen LogP contribution in [0.15, 0.2) is 60.9 Å². The van der Waals surface area contributed by atoms with Gasteiger partial charge in [-0.15, -0.1) is 0 Å². The lowest BCUT2D eigenvalue weighted by Crippen LogP contribution is -2.41. The Kier molecular flexibility index (Phi) is 6.77. The Morgan fingerprint density at radius 1 is 1.12 bits per heavy atom. The van der Waals surface area contributed by atoms with E-state index in [4.69, 9.17) is 0 Å². The third-order valence-corrected chi connectivity index (χ3v) is 6.20. The molecule has 2 amide bonds. The second-order valence-corrected chi connectivity index (χ2v) is 8.62. The first-order chi connectivity index (χ1) is 16.3. The molecule has 4 aromatic rings. The number of hydrogen-bond donors (Lipinski definition) is 1. The maximum Gasteiger partial charge on any atom is 0.267 e. The van der Waals surface area contributed by atoms with Crippen molar-refractivity contribution in [3.05, 3.63) is 89.1 Å². The van der Waals surface area contributed by atoms with E-state index in [2.05, 4.69) is 27.5 Å². The minimum atomic E-state index is -0.125.